The molecule has 0 saturated heterocycles. The first kappa shape index (κ1) is 17.1. The van der Waals surface area contributed by atoms with E-state index in [4.69, 9.17) is 0 Å². The van der Waals surface area contributed by atoms with Gasteiger partial charge in [-0.2, -0.15) is 0 Å². The summed E-state index contributed by atoms with van der Waals surface area (Å²) in [7, 11) is 0. The van der Waals surface area contributed by atoms with Crippen molar-refractivity contribution in [2.45, 2.75) is 44.9 Å². The van der Waals surface area contributed by atoms with Crippen LogP contribution in [-0.4, -0.2) is 28.1 Å². The Kier molecular flexibility index (Phi) is 6.56. The number of hydrogen-bond acceptors (Lipinski definition) is 3. The van der Waals surface area contributed by atoms with E-state index in [2.05, 4.69) is 33.0 Å². The molecule has 4 heteroatoms. The number of aliphatic hydroxyl groups is 1. The van der Waals surface area contributed by atoms with Gasteiger partial charge < -0.3 is 10.4 Å². The minimum Gasteiger partial charge on any atom is -0.394 e. The Balaban J connectivity index is 2.59. The molecule has 0 radical (unpaired) electrons. The maximum atomic E-state index is 11.9. The van der Waals surface area contributed by atoms with Crippen molar-refractivity contribution in [2.24, 2.45) is 0 Å². The van der Waals surface area contributed by atoms with Crippen molar-refractivity contribution in [1.29, 1.82) is 0 Å². The summed E-state index contributed by atoms with van der Waals surface area (Å²) in [5.41, 5.74) is 2.19. The molecule has 0 saturated carbocycles. The third-order valence-corrected chi connectivity index (χ3v) is 4.22. The molecule has 1 unspecified atom stereocenters. The molecule has 0 aliphatic carbocycles. The van der Waals surface area contributed by atoms with Gasteiger partial charge >= 0.3 is 0 Å². The van der Waals surface area contributed by atoms with E-state index in [1.165, 1.54) is 5.56 Å². The number of carbonyl (C=O) groups excluding carboxylic acids is 1. The summed E-state index contributed by atoms with van der Waals surface area (Å²) in [6.07, 6.45) is 0.985. The van der Waals surface area contributed by atoms with Gasteiger partial charge in [0.05, 0.1) is 18.4 Å². The van der Waals surface area contributed by atoms with E-state index in [0.29, 0.717) is 5.75 Å². The van der Waals surface area contributed by atoms with Crippen molar-refractivity contribution in [2.75, 3.05) is 12.4 Å². The summed E-state index contributed by atoms with van der Waals surface area (Å²) < 4.78 is 0.0643. The molecule has 1 amide bonds. The monoisotopic (exact) mass is 295 g/mol. The molecule has 0 aliphatic rings. The highest BCUT2D eigenvalue weighted by Crippen LogP contribution is 2.23. The Morgan fingerprint density at radius 3 is 2.35 bits per heavy atom. The van der Waals surface area contributed by atoms with Crippen LogP contribution in [-0.2, 0) is 11.2 Å². The smallest absolute Gasteiger partial charge is 0.230 e. The maximum Gasteiger partial charge on any atom is 0.230 e. The van der Waals surface area contributed by atoms with Crippen LogP contribution in [0.5, 0.6) is 0 Å². The second-order valence-corrected chi connectivity index (χ2v) is 7.60. The first-order valence-corrected chi connectivity index (χ1v) is 7.97. The van der Waals surface area contributed by atoms with Crippen LogP contribution in [0.25, 0.3) is 0 Å². The standard InChI is InChI=1S/C16H25NO2S/c1-5-12-6-8-13(9-7-12)14(10-18)17-15(19)11-20-16(2,3)4/h6-9,14,18H,5,10-11H2,1-4H3,(H,17,19). The summed E-state index contributed by atoms with van der Waals surface area (Å²) in [5.74, 6) is 0.371. The van der Waals surface area contributed by atoms with Crippen molar-refractivity contribution in [3.8, 4) is 0 Å². The second-order valence-electron chi connectivity index (χ2n) is 5.80. The van der Waals surface area contributed by atoms with Crippen LogP contribution in [0, 0.1) is 0 Å². The Hall–Kier alpha value is -1.00. The van der Waals surface area contributed by atoms with E-state index in [0.717, 1.165) is 12.0 Å². The molecule has 0 bridgehead atoms. The van der Waals surface area contributed by atoms with Gasteiger partial charge in [-0.1, -0.05) is 52.0 Å². The van der Waals surface area contributed by atoms with E-state index in [1.54, 1.807) is 11.8 Å². The number of aliphatic hydroxyl groups excluding tert-OH is 1. The number of aryl methyl sites for hydroxylation is 1. The lowest BCUT2D eigenvalue weighted by Gasteiger charge is -2.20. The average molecular weight is 295 g/mol. The number of hydrogen-bond donors (Lipinski definition) is 2. The molecular weight excluding hydrogens is 270 g/mol. The predicted molar refractivity (Wildman–Crippen MR) is 86.0 cm³/mol. The fraction of sp³-hybridized carbons (Fsp3) is 0.562. The zero-order valence-corrected chi connectivity index (χ0v) is 13.6. The van der Waals surface area contributed by atoms with Crippen LogP contribution < -0.4 is 5.32 Å². The molecule has 1 aromatic carbocycles. The number of thioether (sulfide) groups is 1. The van der Waals surface area contributed by atoms with Crippen molar-refractivity contribution < 1.29 is 9.90 Å². The van der Waals surface area contributed by atoms with Crippen LogP contribution in [0.15, 0.2) is 24.3 Å². The molecule has 1 rings (SSSR count). The van der Waals surface area contributed by atoms with Crippen LogP contribution in [0.4, 0.5) is 0 Å². The lowest BCUT2D eigenvalue weighted by molar-refractivity contribution is -0.119. The van der Waals surface area contributed by atoms with Crippen LogP contribution in [0.2, 0.25) is 0 Å². The summed E-state index contributed by atoms with van der Waals surface area (Å²) in [6, 6.07) is 7.68. The molecule has 20 heavy (non-hydrogen) atoms. The fourth-order valence-electron chi connectivity index (χ4n) is 1.74. The topological polar surface area (TPSA) is 49.3 Å². The minimum atomic E-state index is -0.325. The summed E-state index contributed by atoms with van der Waals surface area (Å²) in [5, 5.41) is 12.3. The zero-order chi connectivity index (χ0) is 15.2. The molecule has 2 N–H and O–H groups in total. The SMILES string of the molecule is CCc1ccc(C(CO)NC(=O)CSC(C)(C)C)cc1. The maximum absolute atomic E-state index is 11.9. The Labute approximate surface area is 126 Å². The van der Waals surface area contributed by atoms with Gasteiger partial charge in [0.15, 0.2) is 0 Å². The van der Waals surface area contributed by atoms with Gasteiger partial charge in [0.2, 0.25) is 5.91 Å². The largest absolute Gasteiger partial charge is 0.394 e. The number of carbonyl (C=O) groups is 1. The zero-order valence-electron chi connectivity index (χ0n) is 12.8. The van der Waals surface area contributed by atoms with Crippen molar-refractivity contribution >= 4 is 17.7 Å². The summed E-state index contributed by atoms with van der Waals surface area (Å²) in [4.78, 5) is 11.9. The number of amides is 1. The Morgan fingerprint density at radius 1 is 1.30 bits per heavy atom. The number of benzene rings is 1. The highest BCUT2D eigenvalue weighted by Gasteiger charge is 2.17. The lowest BCUT2D eigenvalue weighted by Crippen LogP contribution is -2.33. The van der Waals surface area contributed by atoms with E-state index in [9.17, 15) is 9.90 Å². The molecule has 0 aromatic heterocycles. The minimum absolute atomic E-state index is 0.0384. The summed E-state index contributed by atoms with van der Waals surface area (Å²) >= 11 is 1.60. The van der Waals surface area contributed by atoms with E-state index in [-0.39, 0.29) is 23.3 Å². The highest BCUT2D eigenvalue weighted by molar-refractivity contribution is 8.01. The van der Waals surface area contributed by atoms with Crippen LogP contribution >= 0.6 is 11.8 Å². The quantitative estimate of drug-likeness (QED) is 0.848. The van der Waals surface area contributed by atoms with Crippen LogP contribution in [0.1, 0.15) is 44.9 Å². The molecule has 0 fully saturated rings. The van der Waals surface area contributed by atoms with Gasteiger partial charge in [-0.25, -0.2) is 0 Å². The third kappa shape index (κ3) is 5.97. The van der Waals surface area contributed by atoms with Crippen LogP contribution in [0.3, 0.4) is 0 Å². The van der Waals surface area contributed by atoms with E-state index >= 15 is 0 Å². The van der Waals surface area contributed by atoms with Crippen molar-refractivity contribution in [1.82, 2.24) is 5.32 Å². The predicted octanol–water partition coefficient (Wildman–Crippen LogP) is 2.93. The first-order valence-electron chi connectivity index (χ1n) is 6.98. The summed E-state index contributed by atoms with van der Waals surface area (Å²) in [6.45, 7) is 8.26. The third-order valence-electron chi connectivity index (χ3n) is 2.94. The van der Waals surface area contributed by atoms with Gasteiger partial charge in [-0.3, -0.25) is 4.79 Å². The van der Waals surface area contributed by atoms with E-state index in [1.807, 2.05) is 24.3 Å². The molecule has 0 spiro atoms. The number of nitrogens with one attached hydrogen (secondary N) is 1. The second kappa shape index (κ2) is 7.70. The number of rotatable bonds is 6. The van der Waals surface area contributed by atoms with Gasteiger partial charge in [-0.15, -0.1) is 11.8 Å². The van der Waals surface area contributed by atoms with Gasteiger partial charge in [-0.05, 0) is 17.5 Å². The molecule has 112 valence electrons. The average Bonchev–Trinajstić information content (AvgIpc) is 2.42. The van der Waals surface area contributed by atoms with Crippen molar-refractivity contribution in [3.63, 3.8) is 0 Å². The molecule has 3 nitrogen and oxygen atoms in total. The van der Waals surface area contributed by atoms with Crippen molar-refractivity contribution in [3.05, 3.63) is 35.4 Å². The van der Waals surface area contributed by atoms with Gasteiger partial charge in [0.1, 0.15) is 0 Å². The molecule has 1 aromatic rings. The van der Waals surface area contributed by atoms with E-state index < -0.39 is 0 Å². The molecule has 1 atom stereocenters. The van der Waals surface area contributed by atoms with Gasteiger partial charge in [0.25, 0.3) is 0 Å². The van der Waals surface area contributed by atoms with Gasteiger partial charge in [0, 0.05) is 4.75 Å². The highest BCUT2D eigenvalue weighted by atomic mass is 32.2. The molecular formula is C16H25NO2S. The first-order chi connectivity index (χ1) is 9.35. The Morgan fingerprint density at radius 2 is 1.90 bits per heavy atom. The fourth-order valence-corrected chi connectivity index (χ4v) is 2.39. The lowest BCUT2D eigenvalue weighted by atomic mass is 10.0. The normalized spacial score (nSPS) is 13.1. The Bertz CT molecular complexity index is 423. The molecule has 0 aliphatic heterocycles. The molecule has 0 heterocycles.